The molecule has 0 radical (unpaired) electrons. The van der Waals surface area contributed by atoms with Gasteiger partial charge in [0.25, 0.3) is 10.2 Å². The number of carbonyl (C=O) groups is 1. The Kier molecular flexibility index (Phi) is 4.86. The van der Waals surface area contributed by atoms with Gasteiger partial charge in [0.1, 0.15) is 5.54 Å². The zero-order valence-electron chi connectivity index (χ0n) is 12.1. The Morgan fingerprint density at radius 2 is 2.00 bits per heavy atom. The van der Waals surface area contributed by atoms with Crippen molar-refractivity contribution >= 4 is 23.3 Å². The summed E-state index contributed by atoms with van der Waals surface area (Å²) in [6, 6.07) is 0. The Balaban J connectivity index is 2.15. The molecule has 7 N–H and O–H groups in total. The number of hydrogen-bond donors (Lipinski definition) is 5. The van der Waals surface area contributed by atoms with Gasteiger partial charge in [-0.3, -0.25) is 4.79 Å². The van der Waals surface area contributed by atoms with Crippen LogP contribution in [0.25, 0.3) is 0 Å². The van der Waals surface area contributed by atoms with Gasteiger partial charge in [0.2, 0.25) is 0 Å². The number of aliphatic carboxylic acids is 1. The lowest BCUT2D eigenvalue weighted by Gasteiger charge is -2.31. The number of carboxylic acid groups (broad SMARTS) is 1. The van der Waals surface area contributed by atoms with Gasteiger partial charge in [0, 0.05) is 13.1 Å². The zero-order chi connectivity index (χ0) is 16.7. The molecule has 2 aliphatic rings. The van der Waals surface area contributed by atoms with Crippen LogP contribution in [0.15, 0.2) is 0 Å². The smallest absolute Gasteiger partial charge is 0.451 e. The largest absolute Gasteiger partial charge is 0.480 e. The molecule has 1 aliphatic carbocycles. The van der Waals surface area contributed by atoms with Gasteiger partial charge in [-0.15, -0.1) is 0 Å². The summed E-state index contributed by atoms with van der Waals surface area (Å²) in [4.78, 5) is 11.6. The van der Waals surface area contributed by atoms with E-state index in [4.69, 9.17) is 20.9 Å². The Hall–Kier alpha value is -0.715. The third kappa shape index (κ3) is 3.29. The summed E-state index contributed by atoms with van der Waals surface area (Å²) in [7, 11) is -5.24. The molecule has 1 saturated carbocycles. The van der Waals surface area contributed by atoms with Crippen LogP contribution in [0, 0.1) is 17.8 Å². The fourth-order valence-corrected chi connectivity index (χ4v) is 4.72. The number of fused-ring (bicyclic) bond motifs is 1. The number of nitrogens with zero attached hydrogens (tertiary/aromatic N) is 1. The molecule has 2 fully saturated rings. The second kappa shape index (κ2) is 6.06. The summed E-state index contributed by atoms with van der Waals surface area (Å²) >= 11 is 0. The van der Waals surface area contributed by atoms with Gasteiger partial charge in [-0.1, -0.05) is 6.42 Å². The first-order chi connectivity index (χ1) is 10.1. The molecule has 11 heteroatoms. The van der Waals surface area contributed by atoms with E-state index in [1.165, 1.54) is 0 Å². The van der Waals surface area contributed by atoms with Crippen molar-refractivity contribution in [3.8, 4) is 0 Å². The summed E-state index contributed by atoms with van der Waals surface area (Å²) in [6.45, 7) is 0.358. The van der Waals surface area contributed by atoms with Crippen LogP contribution >= 0.6 is 0 Å². The summed E-state index contributed by atoms with van der Waals surface area (Å²) in [5, 5.41) is 32.4. The number of carboxylic acids is 1. The highest BCUT2D eigenvalue weighted by Gasteiger charge is 2.58. The minimum Gasteiger partial charge on any atom is -0.480 e. The van der Waals surface area contributed by atoms with Crippen molar-refractivity contribution in [2.75, 3.05) is 13.1 Å². The van der Waals surface area contributed by atoms with E-state index in [0.29, 0.717) is 12.8 Å². The van der Waals surface area contributed by atoms with Crippen molar-refractivity contribution < 1.29 is 28.4 Å². The van der Waals surface area contributed by atoms with Crippen molar-refractivity contribution in [3.63, 3.8) is 0 Å². The SMILES string of the molecule is NC1(C(=O)O)C[C@H]2CN(S(N)(=O)=O)C[C@H]2C1CCCB(O)O. The fraction of sp³-hybridized carbons (Fsp3) is 0.909. The molecular weight excluding hydrogens is 313 g/mol. The second-order valence-electron chi connectivity index (χ2n) is 6.35. The monoisotopic (exact) mass is 335 g/mol. The van der Waals surface area contributed by atoms with E-state index in [1.807, 2.05) is 0 Å². The minimum atomic E-state index is -3.79. The van der Waals surface area contributed by atoms with Gasteiger partial charge >= 0.3 is 13.1 Å². The standard InChI is InChI=1S/C11H22BN3O6S/c13-11(10(16)17)4-7-5-15(22(14,20)21)6-8(7)9(11)2-1-3-12(18)19/h7-9,18-19H,1-6,13H2,(H,16,17)(H2,14,20,21)/t7-,8+,9?,11?/m0/s1. The quantitative estimate of drug-likeness (QED) is 0.343. The maximum atomic E-state index is 11.6. The van der Waals surface area contributed by atoms with Crippen molar-refractivity contribution in [3.05, 3.63) is 0 Å². The Bertz CT molecular complexity index is 544. The van der Waals surface area contributed by atoms with E-state index in [9.17, 15) is 18.3 Å². The molecule has 0 spiro atoms. The van der Waals surface area contributed by atoms with Gasteiger partial charge in [0.05, 0.1) is 0 Å². The molecule has 4 atom stereocenters. The van der Waals surface area contributed by atoms with E-state index in [2.05, 4.69) is 0 Å². The van der Waals surface area contributed by atoms with Crippen LogP contribution in [0.3, 0.4) is 0 Å². The van der Waals surface area contributed by atoms with Crippen molar-refractivity contribution in [2.45, 2.75) is 31.1 Å². The molecule has 0 aromatic rings. The Morgan fingerprint density at radius 1 is 1.36 bits per heavy atom. The topological polar surface area (TPSA) is 167 Å². The lowest BCUT2D eigenvalue weighted by molar-refractivity contribution is -0.145. The molecule has 126 valence electrons. The summed E-state index contributed by atoms with van der Waals surface area (Å²) < 4.78 is 24.1. The lowest BCUT2D eigenvalue weighted by atomic mass is 9.76. The van der Waals surface area contributed by atoms with E-state index in [-0.39, 0.29) is 37.7 Å². The molecule has 0 amide bonds. The minimum absolute atomic E-state index is 0.127. The highest BCUT2D eigenvalue weighted by molar-refractivity contribution is 7.86. The molecule has 1 saturated heterocycles. The molecule has 0 aromatic carbocycles. The highest BCUT2D eigenvalue weighted by atomic mass is 32.2. The number of nitrogens with two attached hydrogens (primary N) is 2. The first-order valence-electron chi connectivity index (χ1n) is 7.22. The molecule has 9 nitrogen and oxygen atoms in total. The molecule has 2 unspecified atom stereocenters. The van der Waals surface area contributed by atoms with Crippen LogP contribution < -0.4 is 10.9 Å². The zero-order valence-corrected chi connectivity index (χ0v) is 12.9. The van der Waals surface area contributed by atoms with Crippen LogP contribution in [-0.2, 0) is 15.0 Å². The lowest BCUT2D eigenvalue weighted by Crippen LogP contribution is -2.53. The van der Waals surface area contributed by atoms with Crippen LogP contribution in [0.4, 0.5) is 0 Å². The molecule has 2 rings (SSSR count). The molecular formula is C11H22BN3O6S. The second-order valence-corrected chi connectivity index (χ2v) is 7.90. The molecule has 1 heterocycles. The summed E-state index contributed by atoms with van der Waals surface area (Å²) in [5.74, 6) is -1.82. The Morgan fingerprint density at radius 3 is 2.50 bits per heavy atom. The van der Waals surface area contributed by atoms with Gasteiger partial charge in [-0.05, 0) is 36.9 Å². The average Bonchev–Trinajstić information content (AvgIpc) is 2.86. The van der Waals surface area contributed by atoms with Crippen molar-refractivity contribution in [1.29, 1.82) is 0 Å². The van der Waals surface area contributed by atoms with E-state index >= 15 is 0 Å². The first kappa shape index (κ1) is 17.6. The summed E-state index contributed by atoms with van der Waals surface area (Å²) in [5.41, 5.74) is 4.68. The average molecular weight is 335 g/mol. The van der Waals surface area contributed by atoms with Crippen LogP contribution in [0.2, 0.25) is 6.32 Å². The predicted molar refractivity (Wildman–Crippen MR) is 78.6 cm³/mol. The number of rotatable bonds is 6. The van der Waals surface area contributed by atoms with Gasteiger partial charge in [0.15, 0.2) is 0 Å². The predicted octanol–water partition coefficient (Wildman–Crippen LogP) is -2.21. The highest BCUT2D eigenvalue weighted by Crippen LogP contribution is 2.49. The number of hydrogen-bond acceptors (Lipinski definition) is 6. The maximum Gasteiger partial charge on any atom is 0.451 e. The van der Waals surface area contributed by atoms with Crippen LogP contribution in [0.5, 0.6) is 0 Å². The normalized spacial score (nSPS) is 35.5. The first-order valence-corrected chi connectivity index (χ1v) is 8.72. The third-order valence-corrected chi connectivity index (χ3v) is 5.99. The molecule has 0 bridgehead atoms. The van der Waals surface area contributed by atoms with Gasteiger partial charge in [-0.2, -0.15) is 12.7 Å². The van der Waals surface area contributed by atoms with Crippen molar-refractivity contribution in [1.82, 2.24) is 4.31 Å². The van der Waals surface area contributed by atoms with Gasteiger partial charge < -0.3 is 20.9 Å². The molecule has 22 heavy (non-hydrogen) atoms. The van der Waals surface area contributed by atoms with Crippen LogP contribution in [-0.4, -0.2) is 59.6 Å². The van der Waals surface area contributed by atoms with Gasteiger partial charge in [-0.25, -0.2) is 5.14 Å². The third-order valence-electron chi connectivity index (χ3n) is 4.97. The molecule has 1 aliphatic heterocycles. The van der Waals surface area contributed by atoms with Crippen LogP contribution in [0.1, 0.15) is 19.3 Å². The van der Waals surface area contributed by atoms with Crippen molar-refractivity contribution in [2.24, 2.45) is 28.6 Å². The van der Waals surface area contributed by atoms with E-state index < -0.39 is 34.8 Å². The maximum absolute atomic E-state index is 11.6. The Labute approximate surface area is 129 Å². The molecule has 0 aromatic heterocycles. The van der Waals surface area contributed by atoms with E-state index in [1.54, 1.807) is 0 Å². The fourth-order valence-electron chi connectivity index (χ4n) is 3.94. The summed E-state index contributed by atoms with van der Waals surface area (Å²) in [6.07, 6.45) is 1.14. The van der Waals surface area contributed by atoms with E-state index in [0.717, 1.165) is 4.31 Å².